The Labute approximate surface area is 230 Å². The van der Waals surface area contributed by atoms with Crippen LogP contribution in [-0.2, 0) is 19.1 Å². The molecule has 1 aliphatic heterocycles. The number of aryl methyl sites for hydroxylation is 2. The number of hydrogen-bond acceptors (Lipinski definition) is 9. The number of carbonyl (C=O) groups excluding carboxylic acids is 2. The summed E-state index contributed by atoms with van der Waals surface area (Å²) in [5.41, 5.74) is 11.1. The molecule has 1 atom stereocenters. The molecule has 0 saturated carbocycles. The summed E-state index contributed by atoms with van der Waals surface area (Å²) in [6, 6.07) is 22.2. The molecule has 3 aromatic carbocycles. The number of nitrogens with two attached hydrogens (primary N) is 1. The van der Waals surface area contributed by atoms with Gasteiger partial charge in [-0.05, 0) is 48.7 Å². The van der Waals surface area contributed by atoms with Gasteiger partial charge in [-0.2, -0.15) is 5.26 Å². The van der Waals surface area contributed by atoms with E-state index in [1.165, 1.54) is 19.1 Å². The summed E-state index contributed by atoms with van der Waals surface area (Å²) in [4.78, 5) is 32.7. The Morgan fingerprint density at radius 3 is 2.30 bits per heavy atom. The molecule has 0 spiro atoms. The van der Waals surface area contributed by atoms with Crippen LogP contribution >= 0.6 is 0 Å². The number of ether oxygens (including phenoxy) is 2. The van der Waals surface area contributed by atoms with Crippen molar-refractivity contribution in [2.45, 2.75) is 19.8 Å². The molecular weight excluding hydrogens is 508 g/mol. The Morgan fingerprint density at radius 1 is 0.975 bits per heavy atom. The summed E-state index contributed by atoms with van der Waals surface area (Å²) >= 11 is 0. The Morgan fingerprint density at radius 2 is 1.65 bits per heavy atom. The molecular formula is C31H26N4O5. The van der Waals surface area contributed by atoms with Crippen molar-refractivity contribution in [2.75, 3.05) is 19.1 Å². The molecule has 200 valence electrons. The molecule has 1 aromatic heterocycles. The van der Waals surface area contributed by atoms with E-state index in [1.807, 2.05) is 44.2 Å². The fourth-order valence-corrected chi connectivity index (χ4v) is 5.02. The summed E-state index contributed by atoms with van der Waals surface area (Å²) in [5.74, 6) is -2.14. The van der Waals surface area contributed by atoms with Crippen LogP contribution in [0.4, 0.5) is 5.69 Å². The van der Waals surface area contributed by atoms with Gasteiger partial charge in [0, 0.05) is 5.56 Å². The minimum Gasteiger partial charge on any atom is -0.466 e. The summed E-state index contributed by atoms with van der Waals surface area (Å²) in [5, 5.41) is 10.3. The van der Waals surface area contributed by atoms with Crippen molar-refractivity contribution in [3.8, 4) is 17.5 Å². The zero-order chi connectivity index (χ0) is 28.6. The molecule has 0 fully saturated rings. The summed E-state index contributed by atoms with van der Waals surface area (Å²) < 4.78 is 16.3. The van der Waals surface area contributed by atoms with E-state index in [-0.39, 0.29) is 22.7 Å². The molecule has 9 nitrogen and oxygen atoms in total. The van der Waals surface area contributed by atoms with Gasteiger partial charge < -0.3 is 19.6 Å². The predicted octanol–water partition coefficient (Wildman–Crippen LogP) is 5.01. The number of aromatic nitrogens is 1. The van der Waals surface area contributed by atoms with Crippen LogP contribution in [0.3, 0.4) is 0 Å². The number of nitrogens with zero attached hydrogens (tertiary/aromatic N) is 3. The molecule has 0 bridgehead atoms. The second kappa shape index (κ2) is 10.4. The first-order valence-corrected chi connectivity index (χ1v) is 12.4. The van der Waals surface area contributed by atoms with Crippen LogP contribution in [0.5, 0.6) is 0 Å². The monoisotopic (exact) mass is 534 g/mol. The normalized spacial score (nSPS) is 15.3. The molecule has 0 saturated heterocycles. The first kappa shape index (κ1) is 26.3. The fourth-order valence-electron chi connectivity index (χ4n) is 5.02. The number of allylic oxidation sites excluding steroid dienone is 1. The van der Waals surface area contributed by atoms with Gasteiger partial charge in [-0.1, -0.05) is 48.5 Å². The lowest BCUT2D eigenvalue weighted by molar-refractivity contribution is -0.139. The van der Waals surface area contributed by atoms with Crippen LogP contribution in [0, 0.1) is 25.2 Å². The smallest absolute Gasteiger partial charge is 0.355 e. The van der Waals surface area contributed by atoms with E-state index in [4.69, 9.17) is 24.6 Å². The van der Waals surface area contributed by atoms with E-state index in [1.54, 1.807) is 36.4 Å². The van der Waals surface area contributed by atoms with E-state index in [2.05, 4.69) is 6.07 Å². The highest BCUT2D eigenvalue weighted by Gasteiger charge is 2.43. The highest BCUT2D eigenvalue weighted by Crippen LogP contribution is 2.44. The van der Waals surface area contributed by atoms with E-state index in [0.29, 0.717) is 33.8 Å². The Bertz CT molecular complexity index is 1760. The zero-order valence-corrected chi connectivity index (χ0v) is 22.4. The van der Waals surface area contributed by atoms with Crippen LogP contribution < -0.4 is 10.6 Å². The van der Waals surface area contributed by atoms with E-state index in [0.717, 1.165) is 11.1 Å². The molecule has 1 unspecified atom stereocenters. The van der Waals surface area contributed by atoms with Gasteiger partial charge in [-0.15, -0.1) is 0 Å². The van der Waals surface area contributed by atoms with Gasteiger partial charge in [-0.3, -0.25) is 4.90 Å². The van der Waals surface area contributed by atoms with Gasteiger partial charge in [-0.25, -0.2) is 14.6 Å². The quantitative estimate of drug-likeness (QED) is 0.351. The van der Waals surface area contributed by atoms with Gasteiger partial charge in [0.1, 0.15) is 17.0 Å². The van der Waals surface area contributed by atoms with E-state index < -0.39 is 17.9 Å². The third-order valence-corrected chi connectivity index (χ3v) is 6.90. The number of hydrogen-bond donors (Lipinski definition) is 1. The minimum atomic E-state index is -0.950. The van der Waals surface area contributed by atoms with Crippen LogP contribution in [0.25, 0.3) is 22.6 Å². The number of carbonyl (C=O) groups is 2. The third kappa shape index (κ3) is 4.25. The van der Waals surface area contributed by atoms with Gasteiger partial charge in [0.25, 0.3) is 0 Å². The first-order chi connectivity index (χ1) is 19.3. The number of methoxy groups -OCH3 is 2. The van der Waals surface area contributed by atoms with Crippen LogP contribution in [0.2, 0.25) is 0 Å². The second-order valence-electron chi connectivity index (χ2n) is 9.28. The SMILES string of the molecule is COC(=O)C1=C(C(=O)OC)N(c2cc(C)c3oc(-c4ccccc4C)nc3c2)C(N)=C(C#N)C1c1ccccc1. The molecule has 0 amide bonds. The van der Waals surface area contributed by atoms with Crippen molar-refractivity contribution in [1.29, 1.82) is 5.26 Å². The average molecular weight is 535 g/mol. The summed E-state index contributed by atoms with van der Waals surface area (Å²) in [7, 11) is 2.42. The van der Waals surface area contributed by atoms with Crippen molar-refractivity contribution in [2.24, 2.45) is 5.73 Å². The summed E-state index contributed by atoms with van der Waals surface area (Å²) in [6.45, 7) is 3.80. The maximum Gasteiger partial charge on any atom is 0.355 e. The van der Waals surface area contributed by atoms with Gasteiger partial charge in [0.2, 0.25) is 5.89 Å². The van der Waals surface area contributed by atoms with E-state index in [9.17, 15) is 14.9 Å². The van der Waals surface area contributed by atoms with Gasteiger partial charge in [0.05, 0.1) is 43.0 Å². The van der Waals surface area contributed by atoms with Gasteiger partial charge >= 0.3 is 11.9 Å². The zero-order valence-electron chi connectivity index (χ0n) is 22.4. The second-order valence-corrected chi connectivity index (χ2v) is 9.28. The van der Waals surface area contributed by atoms with Crippen LogP contribution in [0.15, 0.2) is 93.8 Å². The number of nitriles is 1. The van der Waals surface area contributed by atoms with Crippen molar-refractivity contribution in [3.63, 3.8) is 0 Å². The number of fused-ring (bicyclic) bond motifs is 1. The number of anilines is 1. The Kier molecular flexibility index (Phi) is 6.84. The number of rotatable bonds is 5. The lowest BCUT2D eigenvalue weighted by atomic mass is 9.81. The van der Waals surface area contributed by atoms with E-state index >= 15 is 0 Å². The number of esters is 2. The lowest BCUT2D eigenvalue weighted by Gasteiger charge is -2.36. The molecule has 4 aromatic rings. The molecule has 2 heterocycles. The number of oxazole rings is 1. The fraction of sp³-hybridized carbons (Fsp3) is 0.161. The molecule has 0 radical (unpaired) electrons. The third-order valence-electron chi connectivity index (χ3n) is 6.90. The standard InChI is InChI=1S/C31H26N4O5/c1-17-10-8-9-13-21(17)29-34-23-15-20(14-18(2)27(23)40-29)35-26(31(37)39-4)25(30(36)38-3)24(22(16-32)28(35)33)19-11-6-5-7-12-19/h5-15,24H,33H2,1-4H3. The Balaban J connectivity index is 1.78. The molecule has 5 rings (SSSR count). The highest BCUT2D eigenvalue weighted by atomic mass is 16.5. The topological polar surface area (TPSA) is 132 Å². The maximum atomic E-state index is 13.3. The van der Waals surface area contributed by atoms with Crippen molar-refractivity contribution in [3.05, 3.63) is 106 Å². The van der Waals surface area contributed by atoms with Crippen molar-refractivity contribution < 1.29 is 23.5 Å². The number of benzene rings is 3. The molecule has 40 heavy (non-hydrogen) atoms. The lowest BCUT2D eigenvalue weighted by Crippen LogP contribution is -2.40. The largest absolute Gasteiger partial charge is 0.466 e. The Hall–Kier alpha value is -5.36. The maximum absolute atomic E-state index is 13.3. The van der Waals surface area contributed by atoms with Crippen LogP contribution in [-0.4, -0.2) is 31.1 Å². The van der Waals surface area contributed by atoms with Gasteiger partial charge in [0.15, 0.2) is 5.58 Å². The average Bonchev–Trinajstić information content (AvgIpc) is 3.41. The van der Waals surface area contributed by atoms with Crippen LogP contribution in [0.1, 0.15) is 22.6 Å². The minimum absolute atomic E-state index is 0.0224. The molecule has 2 N–H and O–H groups in total. The highest BCUT2D eigenvalue weighted by molar-refractivity contribution is 6.06. The molecule has 9 heteroatoms. The predicted molar refractivity (Wildman–Crippen MR) is 148 cm³/mol. The molecule has 1 aliphatic rings. The summed E-state index contributed by atoms with van der Waals surface area (Å²) in [6.07, 6.45) is 0. The van der Waals surface area contributed by atoms with Crippen molar-refractivity contribution >= 4 is 28.7 Å². The first-order valence-electron chi connectivity index (χ1n) is 12.4. The van der Waals surface area contributed by atoms with Crippen molar-refractivity contribution in [1.82, 2.24) is 4.98 Å². The molecule has 0 aliphatic carbocycles.